The van der Waals surface area contributed by atoms with Crippen LogP contribution in [0.5, 0.6) is 0 Å². The summed E-state index contributed by atoms with van der Waals surface area (Å²) < 4.78 is 0. The van der Waals surface area contributed by atoms with Crippen LogP contribution in [-0.2, 0) is 10.2 Å². The Bertz CT molecular complexity index is 597. The molecule has 4 aliphatic rings. The zero-order valence-corrected chi connectivity index (χ0v) is 13.6. The number of carbonyl (C=O) groups excluding carboxylic acids is 1. The molecule has 2 heteroatoms. The van der Waals surface area contributed by atoms with Crippen LogP contribution in [0.1, 0.15) is 63.9 Å². The highest BCUT2D eigenvalue weighted by Crippen LogP contribution is 2.67. The monoisotopic (exact) mass is 297 g/mol. The first-order chi connectivity index (χ1) is 10.5. The molecule has 4 bridgehead atoms. The van der Waals surface area contributed by atoms with Crippen molar-refractivity contribution in [2.24, 2.45) is 22.5 Å². The summed E-state index contributed by atoms with van der Waals surface area (Å²) in [7, 11) is 0. The molecule has 5 rings (SSSR count). The third kappa shape index (κ3) is 1.89. The number of benzene rings is 1. The summed E-state index contributed by atoms with van der Waals surface area (Å²) in [6.45, 7) is 2.35. The van der Waals surface area contributed by atoms with E-state index in [1.165, 1.54) is 37.7 Å². The van der Waals surface area contributed by atoms with Crippen LogP contribution in [0.4, 0.5) is 0 Å². The maximum Gasteiger partial charge on any atom is 0.223 e. The number of hydrogen-bond donors (Lipinski definition) is 1. The molecule has 0 saturated heterocycles. The molecule has 2 unspecified atom stereocenters. The van der Waals surface area contributed by atoms with Crippen LogP contribution in [0, 0.1) is 16.7 Å². The number of carbonyl (C=O) groups is 1. The molecule has 118 valence electrons. The highest BCUT2D eigenvalue weighted by molar-refractivity contribution is 5.81. The van der Waals surface area contributed by atoms with Gasteiger partial charge in [0.25, 0.3) is 0 Å². The van der Waals surface area contributed by atoms with Crippen molar-refractivity contribution >= 4 is 5.91 Å². The third-order valence-electron chi connectivity index (χ3n) is 7.26. The van der Waals surface area contributed by atoms with Gasteiger partial charge in [-0.05, 0) is 67.3 Å². The second-order valence-corrected chi connectivity index (χ2v) is 8.48. The van der Waals surface area contributed by atoms with Crippen molar-refractivity contribution < 1.29 is 4.79 Å². The summed E-state index contributed by atoms with van der Waals surface area (Å²) in [5.41, 5.74) is 7.77. The first-order valence-electron chi connectivity index (χ1n) is 8.87. The highest BCUT2D eigenvalue weighted by Gasteiger charge is 2.61. The van der Waals surface area contributed by atoms with E-state index < -0.39 is 0 Å². The maximum atomic E-state index is 12.4. The second kappa shape index (κ2) is 4.59. The van der Waals surface area contributed by atoms with Crippen LogP contribution < -0.4 is 5.73 Å². The molecule has 4 fully saturated rings. The van der Waals surface area contributed by atoms with Crippen LogP contribution in [0.25, 0.3) is 0 Å². The Morgan fingerprint density at radius 2 is 1.91 bits per heavy atom. The quantitative estimate of drug-likeness (QED) is 0.893. The first-order valence-corrected chi connectivity index (χ1v) is 8.87. The fraction of sp³-hybridized carbons (Fsp3) is 0.650. The summed E-state index contributed by atoms with van der Waals surface area (Å²) in [5, 5.41) is 0. The molecule has 1 aromatic rings. The number of fused-ring (bicyclic) bond motifs is 1. The van der Waals surface area contributed by atoms with E-state index in [-0.39, 0.29) is 16.7 Å². The highest BCUT2D eigenvalue weighted by atomic mass is 16.1. The fourth-order valence-electron chi connectivity index (χ4n) is 6.41. The van der Waals surface area contributed by atoms with Crippen LogP contribution in [0.3, 0.4) is 0 Å². The Hall–Kier alpha value is -1.31. The van der Waals surface area contributed by atoms with Crippen molar-refractivity contribution in [3.63, 3.8) is 0 Å². The lowest BCUT2D eigenvalue weighted by Crippen LogP contribution is -2.51. The van der Waals surface area contributed by atoms with Gasteiger partial charge in [0.1, 0.15) is 0 Å². The first kappa shape index (κ1) is 14.3. The number of hydrogen-bond acceptors (Lipinski definition) is 1. The number of rotatable bonds is 3. The van der Waals surface area contributed by atoms with E-state index in [2.05, 4.69) is 37.3 Å². The van der Waals surface area contributed by atoms with Crippen molar-refractivity contribution in [2.75, 3.05) is 0 Å². The summed E-state index contributed by atoms with van der Waals surface area (Å²) in [4.78, 5) is 12.4. The molecule has 4 aliphatic carbocycles. The Morgan fingerprint density at radius 1 is 1.14 bits per heavy atom. The van der Waals surface area contributed by atoms with E-state index in [9.17, 15) is 4.79 Å². The topological polar surface area (TPSA) is 43.1 Å². The molecular formula is C20H27NO. The molecule has 22 heavy (non-hydrogen) atoms. The summed E-state index contributed by atoms with van der Waals surface area (Å²) in [5.74, 6) is 0.643. The maximum absolute atomic E-state index is 12.4. The van der Waals surface area contributed by atoms with Gasteiger partial charge in [-0.1, -0.05) is 43.7 Å². The minimum absolute atomic E-state index is 0.0358. The van der Waals surface area contributed by atoms with E-state index >= 15 is 0 Å². The molecule has 1 amide bonds. The molecule has 0 radical (unpaired) electrons. The van der Waals surface area contributed by atoms with Crippen LogP contribution in [0.2, 0.25) is 0 Å². The molecular weight excluding hydrogens is 270 g/mol. The Kier molecular flexibility index (Phi) is 2.99. The van der Waals surface area contributed by atoms with Gasteiger partial charge in [-0.3, -0.25) is 4.79 Å². The van der Waals surface area contributed by atoms with Crippen molar-refractivity contribution in [3.8, 4) is 0 Å². The molecule has 4 atom stereocenters. The Labute approximate surface area is 133 Å². The van der Waals surface area contributed by atoms with Crippen LogP contribution in [0.15, 0.2) is 30.3 Å². The van der Waals surface area contributed by atoms with Crippen LogP contribution >= 0.6 is 0 Å². The number of primary amides is 1. The molecule has 0 heterocycles. The number of amides is 1. The van der Waals surface area contributed by atoms with Crippen molar-refractivity contribution in [1.29, 1.82) is 0 Å². The second-order valence-electron chi connectivity index (χ2n) is 8.48. The lowest BCUT2D eigenvalue weighted by molar-refractivity contribution is -0.133. The van der Waals surface area contributed by atoms with Crippen molar-refractivity contribution in [3.05, 3.63) is 35.9 Å². The van der Waals surface area contributed by atoms with Gasteiger partial charge < -0.3 is 5.73 Å². The van der Waals surface area contributed by atoms with Gasteiger partial charge >= 0.3 is 0 Å². The average Bonchev–Trinajstić information content (AvgIpc) is 2.71. The summed E-state index contributed by atoms with van der Waals surface area (Å²) in [6, 6.07) is 11.0. The normalized spacial score (nSPS) is 43.0. The molecule has 0 aliphatic heterocycles. The molecule has 0 aromatic heterocycles. The summed E-state index contributed by atoms with van der Waals surface area (Å²) in [6.07, 6.45) is 9.30. The molecule has 0 spiro atoms. The Morgan fingerprint density at radius 3 is 2.59 bits per heavy atom. The minimum atomic E-state index is -0.244. The molecule has 2 nitrogen and oxygen atoms in total. The smallest absolute Gasteiger partial charge is 0.223 e. The largest absolute Gasteiger partial charge is 0.369 e. The van der Waals surface area contributed by atoms with E-state index in [0.29, 0.717) is 11.3 Å². The van der Waals surface area contributed by atoms with E-state index in [0.717, 1.165) is 19.3 Å². The fourth-order valence-corrected chi connectivity index (χ4v) is 6.41. The molecule has 4 saturated carbocycles. The van der Waals surface area contributed by atoms with E-state index in [1.807, 2.05) is 0 Å². The lowest BCUT2D eigenvalue weighted by atomic mass is 9.49. The van der Waals surface area contributed by atoms with Gasteiger partial charge in [-0.2, -0.15) is 0 Å². The Balaban J connectivity index is 1.87. The molecule has 2 N–H and O–H groups in total. The predicted octanol–water partition coefficient (Wildman–Crippen LogP) is 4.18. The third-order valence-corrected chi connectivity index (χ3v) is 7.26. The van der Waals surface area contributed by atoms with Gasteiger partial charge in [-0.25, -0.2) is 0 Å². The zero-order valence-electron chi connectivity index (χ0n) is 13.6. The zero-order chi connectivity index (χ0) is 15.4. The average molecular weight is 297 g/mol. The van der Waals surface area contributed by atoms with Crippen molar-refractivity contribution in [2.45, 2.75) is 63.7 Å². The minimum Gasteiger partial charge on any atom is -0.369 e. The SMILES string of the molecule is CC[C@@]12CCC3(C(N)=O)CC(C1)C[C@](c1ccccc1)(C3)C2. The van der Waals surface area contributed by atoms with Gasteiger partial charge in [-0.15, -0.1) is 0 Å². The van der Waals surface area contributed by atoms with Gasteiger partial charge in [0, 0.05) is 0 Å². The predicted molar refractivity (Wildman–Crippen MR) is 88.3 cm³/mol. The summed E-state index contributed by atoms with van der Waals surface area (Å²) >= 11 is 0. The standard InChI is InChI=1S/C20H27NO/c1-2-18-8-9-19(17(21)22)11-15(10-18)12-20(13-18,14-19)16-6-4-3-5-7-16/h3-7,15H,2,8-14H2,1H3,(H2,21,22)/t15?,18-,19?,20-/m1/s1. The van der Waals surface area contributed by atoms with Gasteiger partial charge in [0.15, 0.2) is 0 Å². The van der Waals surface area contributed by atoms with E-state index in [1.54, 1.807) is 0 Å². The van der Waals surface area contributed by atoms with Crippen molar-refractivity contribution in [1.82, 2.24) is 0 Å². The van der Waals surface area contributed by atoms with Gasteiger partial charge in [0.2, 0.25) is 5.91 Å². The number of nitrogens with two attached hydrogens (primary N) is 1. The van der Waals surface area contributed by atoms with E-state index in [4.69, 9.17) is 5.73 Å². The van der Waals surface area contributed by atoms with Crippen LogP contribution in [-0.4, -0.2) is 5.91 Å². The van der Waals surface area contributed by atoms with Gasteiger partial charge in [0.05, 0.1) is 5.41 Å². The molecule has 1 aromatic carbocycles. The lowest BCUT2D eigenvalue weighted by Gasteiger charge is -2.55.